The van der Waals surface area contributed by atoms with E-state index in [9.17, 15) is 4.79 Å². The zero-order valence-electron chi connectivity index (χ0n) is 14.3. The maximum absolute atomic E-state index is 13.1. The standard InChI is InChI=1S/C18H17N5O3/c1-3-23-21-18(20-22-23)19-17(24)15-11-7-4-5-8-12(11)26-14-10-6-9-13(25-2)16(14)15/h4-10,15H,3H2,1-2H3,(H,19,21,24). The lowest BCUT2D eigenvalue weighted by atomic mass is 9.86. The molecule has 1 aliphatic heterocycles. The Morgan fingerprint density at radius 1 is 1.23 bits per heavy atom. The minimum Gasteiger partial charge on any atom is -0.496 e. The van der Waals surface area contributed by atoms with Crippen molar-refractivity contribution in [3.8, 4) is 17.2 Å². The molecular formula is C18H17N5O3. The highest BCUT2D eigenvalue weighted by atomic mass is 16.5. The van der Waals surface area contributed by atoms with Crippen LogP contribution in [0.4, 0.5) is 5.95 Å². The van der Waals surface area contributed by atoms with Gasteiger partial charge in [0.05, 0.1) is 25.1 Å². The third-order valence-electron chi connectivity index (χ3n) is 4.22. The van der Waals surface area contributed by atoms with Crippen molar-refractivity contribution in [2.24, 2.45) is 0 Å². The Bertz CT molecular complexity index is 969. The van der Waals surface area contributed by atoms with Gasteiger partial charge in [-0.15, -0.1) is 5.10 Å². The van der Waals surface area contributed by atoms with Gasteiger partial charge in [-0.25, -0.2) is 0 Å². The smallest absolute Gasteiger partial charge is 0.270 e. The molecule has 1 aliphatic rings. The first-order chi connectivity index (χ1) is 12.7. The van der Waals surface area contributed by atoms with Crippen molar-refractivity contribution in [2.75, 3.05) is 12.4 Å². The fourth-order valence-corrected chi connectivity index (χ4v) is 3.04. The first-order valence-electron chi connectivity index (χ1n) is 8.23. The van der Waals surface area contributed by atoms with Crippen LogP contribution in [0.5, 0.6) is 17.2 Å². The highest BCUT2D eigenvalue weighted by Crippen LogP contribution is 2.48. The molecule has 26 heavy (non-hydrogen) atoms. The number of tetrazole rings is 1. The van der Waals surface area contributed by atoms with Crippen LogP contribution in [-0.4, -0.2) is 33.2 Å². The molecule has 0 aliphatic carbocycles. The van der Waals surface area contributed by atoms with E-state index in [1.165, 1.54) is 4.80 Å². The summed E-state index contributed by atoms with van der Waals surface area (Å²) in [5.74, 6) is 1.09. The highest BCUT2D eigenvalue weighted by Gasteiger charge is 2.35. The maximum Gasteiger partial charge on any atom is 0.270 e. The zero-order valence-corrected chi connectivity index (χ0v) is 14.3. The summed E-state index contributed by atoms with van der Waals surface area (Å²) in [5.41, 5.74) is 1.43. The molecule has 0 saturated carbocycles. The number of rotatable bonds is 4. The number of hydrogen-bond acceptors (Lipinski definition) is 6. The van der Waals surface area contributed by atoms with Crippen LogP contribution in [0.15, 0.2) is 42.5 Å². The SMILES string of the molecule is CCn1nnc(NC(=O)C2c3ccccc3Oc3cccc(OC)c32)n1. The Labute approximate surface area is 149 Å². The van der Waals surface area contributed by atoms with Gasteiger partial charge in [0.15, 0.2) is 0 Å². The van der Waals surface area contributed by atoms with Crippen LogP contribution >= 0.6 is 0 Å². The molecule has 8 heteroatoms. The largest absolute Gasteiger partial charge is 0.496 e. The van der Waals surface area contributed by atoms with E-state index in [-0.39, 0.29) is 11.9 Å². The summed E-state index contributed by atoms with van der Waals surface area (Å²) < 4.78 is 11.4. The maximum atomic E-state index is 13.1. The van der Waals surface area contributed by atoms with Gasteiger partial charge in [-0.05, 0) is 30.3 Å². The quantitative estimate of drug-likeness (QED) is 0.777. The number of methoxy groups -OCH3 is 1. The second-order valence-electron chi connectivity index (χ2n) is 5.74. The first kappa shape index (κ1) is 16.1. The van der Waals surface area contributed by atoms with Crippen LogP contribution in [-0.2, 0) is 11.3 Å². The molecule has 1 unspecified atom stereocenters. The molecule has 2 heterocycles. The van der Waals surface area contributed by atoms with E-state index in [4.69, 9.17) is 9.47 Å². The van der Waals surface area contributed by atoms with E-state index in [0.717, 1.165) is 5.56 Å². The van der Waals surface area contributed by atoms with E-state index in [1.807, 2.05) is 49.4 Å². The van der Waals surface area contributed by atoms with Crippen molar-refractivity contribution in [3.05, 3.63) is 53.6 Å². The van der Waals surface area contributed by atoms with Gasteiger partial charge in [-0.3, -0.25) is 10.1 Å². The number of benzene rings is 2. The van der Waals surface area contributed by atoms with Crippen LogP contribution in [0.1, 0.15) is 24.0 Å². The Morgan fingerprint density at radius 3 is 2.81 bits per heavy atom. The van der Waals surface area contributed by atoms with Gasteiger partial charge in [0.2, 0.25) is 5.91 Å². The summed E-state index contributed by atoms with van der Waals surface area (Å²) >= 11 is 0. The third-order valence-corrected chi connectivity index (χ3v) is 4.22. The van der Waals surface area contributed by atoms with Gasteiger partial charge in [-0.2, -0.15) is 4.80 Å². The second kappa shape index (κ2) is 6.47. The number of fused-ring (bicyclic) bond motifs is 2. The van der Waals surface area contributed by atoms with Crippen molar-refractivity contribution in [3.63, 3.8) is 0 Å². The minimum atomic E-state index is -0.611. The number of anilines is 1. The van der Waals surface area contributed by atoms with E-state index in [2.05, 4.69) is 20.7 Å². The van der Waals surface area contributed by atoms with Gasteiger partial charge < -0.3 is 9.47 Å². The lowest BCUT2D eigenvalue weighted by Crippen LogP contribution is -2.26. The summed E-state index contributed by atoms with van der Waals surface area (Å²) in [7, 11) is 1.57. The molecule has 1 N–H and O–H groups in total. The minimum absolute atomic E-state index is 0.164. The summed E-state index contributed by atoms with van der Waals surface area (Å²) in [6, 6.07) is 12.9. The van der Waals surface area contributed by atoms with Crippen LogP contribution in [0.25, 0.3) is 0 Å². The first-order valence-corrected chi connectivity index (χ1v) is 8.23. The molecule has 0 saturated heterocycles. The molecule has 3 aromatic rings. The fraction of sp³-hybridized carbons (Fsp3) is 0.222. The van der Waals surface area contributed by atoms with Gasteiger partial charge in [-0.1, -0.05) is 29.4 Å². The Kier molecular flexibility index (Phi) is 4.00. The average Bonchev–Trinajstić information content (AvgIpc) is 3.13. The summed E-state index contributed by atoms with van der Waals surface area (Å²) in [6.07, 6.45) is 0. The molecule has 8 nitrogen and oxygen atoms in total. The average molecular weight is 351 g/mol. The Balaban J connectivity index is 1.78. The normalized spacial score (nSPS) is 14.8. The van der Waals surface area contributed by atoms with Gasteiger partial charge >= 0.3 is 0 Å². The molecule has 1 amide bonds. The number of ether oxygens (including phenoxy) is 2. The number of hydrogen-bond donors (Lipinski definition) is 1. The van der Waals surface area contributed by atoms with Crippen molar-refractivity contribution >= 4 is 11.9 Å². The Hall–Kier alpha value is -3.42. The highest BCUT2D eigenvalue weighted by molar-refractivity contribution is 5.99. The third kappa shape index (κ3) is 2.65. The summed E-state index contributed by atoms with van der Waals surface area (Å²) in [5, 5.41) is 14.6. The van der Waals surface area contributed by atoms with Crippen LogP contribution in [0.3, 0.4) is 0 Å². The lowest BCUT2D eigenvalue weighted by Gasteiger charge is -2.28. The molecule has 0 radical (unpaired) electrons. The number of aromatic nitrogens is 4. The summed E-state index contributed by atoms with van der Waals surface area (Å²) in [6.45, 7) is 2.46. The van der Waals surface area contributed by atoms with E-state index < -0.39 is 5.92 Å². The molecule has 2 aromatic carbocycles. The monoisotopic (exact) mass is 351 g/mol. The number of nitrogens with one attached hydrogen (secondary N) is 1. The van der Waals surface area contributed by atoms with Crippen molar-refractivity contribution in [1.29, 1.82) is 0 Å². The lowest BCUT2D eigenvalue weighted by molar-refractivity contribution is -0.117. The predicted molar refractivity (Wildman–Crippen MR) is 93.5 cm³/mol. The molecular weight excluding hydrogens is 334 g/mol. The second-order valence-corrected chi connectivity index (χ2v) is 5.74. The molecule has 132 valence electrons. The number of carbonyl (C=O) groups excluding carboxylic acids is 1. The Morgan fingerprint density at radius 2 is 2.04 bits per heavy atom. The van der Waals surface area contributed by atoms with Gasteiger partial charge in [0, 0.05) is 5.56 Å². The van der Waals surface area contributed by atoms with Crippen LogP contribution in [0.2, 0.25) is 0 Å². The van der Waals surface area contributed by atoms with Crippen molar-refractivity contribution in [1.82, 2.24) is 20.2 Å². The topological polar surface area (TPSA) is 91.2 Å². The number of para-hydroxylation sites is 1. The summed E-state index contributed by atoms with van der Waals surface area (Å²) in [4.78, 5) is 14.5. The van der Waals surface area contributed by atoms with E-state index in [1.54, 1.807) is 7.11 Å². The molecule has 1 aromatic heterocycles. The number of amides is 1. The van der Waals surface area contributed by atoms with Gasteiger partial charge in [0.1, 0.15) is 17.2 Å². The molecule has 1 atom stereocenters. The van der Waals surface area contributed by atoms with Crippen LogP contribution < -0.4 is 14.8 Å². The van der Waals surface area contributed by atoms with Crippen molar-refractivity contribution in [2.45, 2.75) is 19.4 Å². The number of carbonyl (C=O) groups is 1. The van der Waals surface area contributed by atoms with Gasteiger partial charge in [0.25, 0.3) is 5.95 Å². The molecule has 4 rings (SSSR count). The van der Waals surface area contributed by atoms with E-state index in [0.29, 0.717) is 29.4 Å². The van der Waals surface area contributed by atoms with E-state index >= 15 is 0 Å². The molecule has 0 bridgehead atoms. The van der Waals surface area contributed by atoms with Crippen molar-refractivity contribution < 1.29 is 14.3 Å². The zero-order chi connectivity index (χ0) is 18.1. The fourth-order valence-electron chi connectivity index (χ4n) is 3.04. The number of aryl methyl sites for hydroxylation is 1. The molecule has 0 spiro atoms. The predicted octanol–water partition coefficient (Wildman–Crippen LogP) is 2.58. The number of nitrogens with zero attached hydrogens (tertiary/aromatic N) is 4. The van der Waals surface area contributed by atoms with Crippen LogP contribution in [0, 0.1) is 0 Å². The molecule has 0 fully saturated rings.